The Balaban J connectivity index is 1.86. The van der Waals surface area contributed by atoms with Crippen molar-refractivity contribution in [1.29, 1.82) is 0 Å². The molecule has 1 aliphatic carbocycles. The van der Waals surface area contributed by atoms with Crippen LogP contribution < -0.4 is 15.5 Å². The Labute approximate surface area is 104 Å². The fourth-order valence-corrected chi connectivity index (χ4v) is 2.48. The number of hydrogen-bond acceptors (Lipinski definition) is 4. The minimum absolute atomic E-state index is 0.112. The van der Waals surface area contributed by atoms with Crippen LogP contribution in [0.15, 0.2) is 12.1 Å². The van der Waals surface area contributed by atoms with Gasteiger partial charge in [-0.05, 0) is 18.6 Å². The maximum absolute atomic E-state index is 14.0. The van der Waals surface area contributed by atoms with Crippen molar-refractivity contribution in [3.8, 4) is 0 Å². The van der Waals surface area contributed by atoms with Crippen molar-refractivity contribution in [3.05, 3.63) is 23.8 Å². The second-order valence-corrected chi connectivity index (χ2v) is 4.64. The quantitative estimate of drug-likeness (QED) is 0.733. The molecule has 2 fully saturated rings. The van der Waals surface area contributed by atoms with E-state index in [1.807, 2.05) is 4.90 Å². The maximum Gasteiger partial charge on any atom is 0.269 e. The summed E-state index contributed by atoms with van der Waals surface area (Å²) in [5, 5.41) is 5.80. The molecule has 2 heterocycles. The number of nitrogens with zero attached hydrogens (tertiary/aromatic N) is 2. The van der Waals surface area contributed by atoms with Gasteiger partial charge in [0.05, 0.1) is 5.69 Å². The van der Waals surface area contributed by atoms with E-state index in [0.29, 0.717) is 17.8 Å². The van der Waals surface area contributed by atoms with Gasteiger partial charge in [0.15, 0.2) is 0 Å². The molecule has 0 spiro atoms. The van der Waals surface area contributed by atoms with Crippen molar-refractivity contribution in [2.75, 3.05) is 25.0 Å². The van der Waals surface area contributed by atoms with E-state index in [9.17, 15) is 9.18 Å². The largest absolute Gasteiger partial charge is 0.362 e. The van der Waals surface area contributed by atoms with Crippen molar-refractivity contribution in [1.82, 2.24) is 15.6 Å². The van der Waals surface area contributed by atoms with Crippen LogP contribution >= 0.6 is 0 Å². The summed E-state index contributed by atoms with van der Waals surface area (Å²) >= 11 is 0. The van der Waals surface area contributed by atoms with Crippen molar-refractivity contribution >= 4 is 11.6 Å². The Kier molecular flexibility index (Phi) is 2.66. The number of aromatic nitrogens is 1. The number of piperazine rings is 1. The first-order valence-electron chi connectivity index (χ1n) is 6.09. The Bertz CT molecular complexity index is 493. The zero-order chi connectivity index (χ0) is 12.7. The summed E-state index contributed by atoms with van der Waals surface area (Å²) in [6.45, 7) is 1.64. The molecule has 2 N–H and O–H groups in total. The van der Waals surface area contributed by atoms with Gasteiger partial charge in [-0.25, -0.2) is 4.98 Å². The van der Waals surface area contributed by atoms with Crippen LogP contribution in [0.2, 0.25) is 0 Å². The number of halogens is 1. The number of nitrogens with one attached hydrogen (secondary N) is 2. The molecule has 6 heteroatoms. The Morgan fingerprint density at radius 2 is 2.44 bits per heavy atom. The highest BCUT2D eigenvalue weighted by molar-refractivity contribution is 5.92. The number of rotatable bonds is 2. The molecule has 3 rings (SSSR count). The van der Waals surface area contributed by atoms with E-state index in [0.717, 1.165) is 19.5 Å². The van der Waals surface area contributed by atoms with Crippen molar-refractivity contribution in [2.24, 2.45) is 0 Å². The summed E-state index contributed by atoms with van der Waals surface area (Å²) in [4.78, 5) is 17.1. The van der Waals surface area contributed by atoms with E-state index in [1.165, 1.54) is 7.05 Å². The Morgan fingerprint density at radius 1 is 1.61 bits per heavy atom. The first kappa shape index (κ1) is 11.4. The fraction of sp³-hybridized carbons (Fsp3) is 0.500. The normalized spacial score (nSPS) is 25.6. The summed E-state index contributed by atoms with van der Waals surface area (Å²) in [6.07, 6.45) is 1.05. The van der Waals surface area contributed by atoms with Gasteiger partial charge in [-0.2, -0.15) is 4.39 Å². The Morgan fingerprint density at radius 3 is 3.17 bits per heavy atom. The van der Waals surface area contributed by atoms with Crippen molar-refractivity contribution < 1.29 is 9.18 Å². The van der Waals surface area contributed by atoms with E-state index in [-0.39, 0.29) is 11.6 Å². The molecule has 1 saturated carbocycles. The van der Waals surface area contributed by atoms with Gasteiger partial charge in [0.2, 0.25) is 5.95 Å². The van der Waals surface area contributed by atoms with E-state index < -0.39 is 5.95 Å². The molecule has 1 amide bonds. The number of anilines is 1. The smallest absolute Gasteiger partial charge is 0.269 e. The second-order valence-electron chi connectivity index (χ2n) is 4.64. The monoisotopic (exact) mass is 250 g/mol. The van der Waals surface area contributed by atoms with Crippen molar-refractivity contribution in [2.45, 2.75) is 18.5 Å². The van der Waals surface area contributed by atoms with Gasteiger partial charge in [0.25, 0.3) is 5.91 Å². The highest BCUT2D eigenvalue weighted by Gasteiger charge is 2.45. The molecule has 2 aliphatic rings. The van der Waals surface area contributed by atoms with Gasteiger partial charge in [-0.3, -0.25) is 4.79 Å². The lowest BCUT2D eigenvalue weighted by Crippen LogP contribution is -2.44. The number of carbonyl (C=O) groups is 1. The van der Waals surface area contributed by atoms with Crippen LogP contribution in [0.25, 0.3) is 0 Å². The summed E-state index contributed by atoms with van der Waals surface area (Å²) < 4.78 is 14.0. The highest BCUT2D eigenvalue weighted by atomic mass is 19.1. The number of pyridine rings is 1. The van der Waals surface area contributed by atoms with Gasteiger partial charge in [-0.1, -0.05) is 0 Å². The summed E-state index contributed by atoms with van der Waals surface area (Å²) in [5.74, 6) is -0.936. The molecule has 5 nitrogen and oxygen atoms in total. The molecule has 1 aromatic heterocycles. The van der Waals surface area contributed by atoms with E-state index in [2.05, 4.69) is 15.6 Å². The number of fused-ring (bicyclic) bond motifs is 1. The third-order valence-corrected chi connectivity index (χ3v) is 3.51. The average molecular weight is 250 g/mol. The third kappa shape index (κ3) is 1.82. The first-order valence-corrected chi connectivity index (χ1v) is 6.09. The van der Waals surface area contributed by atoms with Gasteiger partial charge < -0.3 is 15.5 Å². The lowest BCUT2D eigenvalue weighted by Gasteiger charge is -2.29. The molecule has 1 saturated heterocycles. The fourth-order valence-electron chi connectivity index (χ4n) is 2.48. The van der Waals surface area contributed by atoms with Crippen LogP contribution in [0.1, 0.15) is 16.9 Å². The average Bonchev–Trinajstić information content (AvgIpc) is 3.17. The molecule has 96 valence electrons. The molecular weight excluding hydrogens is 235 g/mol. The highest BCUT2D eigenvalue weighted by Crippen LogP contribution is 2.35. The van der Waals surface area contributed by atoms with Crippen LogP contribution in [0.5, 0.6) is 0 Å². The molecular formula is C12H15FN4O. The van der Waals surface area contributed by atoms with Crippen LogP contribution in [0.3, 0.4) is 0 Å². The molecule has 1 aromatic rings. The van der Waals surface area contributed by atoms with Crippen molar-refractivity contribution in [3.63, 3.8) is 0 Å². The summed E-state index contributed by atoms with van der Waals surface area (Å²) in [7, 11) is 1.50. The predicted molar refractivity (Wildman–Crippen MR) is 65.1 cm³/mol. The maximum atomic E-state index is 14.0. The molecule has 0 aromatic carbocycles. The molecule has 1 aliphatic heterocycles. The van der Waals surface area contributed by atoms with E-state index >= 15 is 0 Å². The van der Waals surface area contributed by atoms with Crippen LogP contribution in [-0.4, -0.2) is 43.1 Å². The minimum Gasteiger partial charge on any atom is -0.362 e. The van der Waals surface area contributed by atoms with E-state index in [4.69, 9.17) is 0 Å². The first-order chi connectivity index (χ1) is 8.70. The molecule has 0 radical (unpaired) electrons. The standard InChI is InChI=1S/C12H15FN4O/c1-14-12(18)7-2-3-9(11(13)16-7)17-5-4-15-8-6-10(8)17/h2-3,8,10,15H,4-6H2,1H3,(H,14,18)/t8-,10?/m1/s1. The summed E-state index contributed by atoms with van der Waals surface area (Å²) in [5.41, 5.74) is 0.609. The van der Waals surface area contributed by atoms with E-state index in [1.54, 1.807) is 12.1 Å². The van der Waals surface area contributed by atoms with Crippen LogP contribution in [0, 0.1) is 5.95 Å². The lowest BCUT2D eigenvalue weighted by atomic mass is 10.2. The SMILES string of the molecule is CNC(=O)c1ccc(N2CCN[C@@H]3CC32)c(F)n1. The molecule has 18 heavy (non-hydrogen) atoms. The number of carbonyl (C=O) groups excluding carboxylic acids is 1. The molecule has 1 unspecified atom stereocenters. The number of amides is 1. The topological polar surface area (TPSA) is 57.3 Å². The molecule has 2 atom stereocenters. The number of hydrogen-bond donors (Lipinski definition) is 2. The van der Waals surface area contributed by atoms with Gasteiger partial charge >= 0.3 is 0 Å². The second kappa shape index (κ2) is 4.20. The molecule has 0 bridgehead atoms. The predicted octanol–water partition coefficient (Wildman–Crippen LogP) is 0.131. The zero-order valence-electron chi connectivity index (χ0n) is 10.1. The summed E-state index contributed by atoms with van der Waals surface area (Å²) in [6, 6.07) is 4.07. The zero-order valence-corrected chi connectivity index (χ0v) is 10.1. The minimum atomic E-state index is -0.566. The van der Waals surface area contributed by atoms with Gasteiger partial charge in [0, 0.05) is 32.2 Å². The third-order valence-electron chi connectivity index (χ3n) is 3.51. The Hall–Kier alpha value is -1.69. The van der Waals surface area contributed by atoms with Gasteiger partial charge in [-0.15, -0.1) is 0 Å². The van der Waals surface area contributed by atoms with Gasteiger partial charge in [0.1, 0.15) is 5.69 Å². The van der Waals surface area contributed by atoms with Crippen LogP contribution in [-0.2, 0) is 0 Å². The van der Waals surface area contributed by atoms with Crippen LogP contribution in [0.4, 0.5) is 10.1 Å². The lowest BCUT2D eigenvalue weighted by molar-refractivity contribution is 0.0957.